The fourth-order valence-corrected chi connectivity index (χ4v) is 4.59. The Hall–Kier alpha value is -2.52. The summed E-state index contributed by atoms with van der Waals surface area (Å²) in [4.78, 5) is 34.7. The minimum atomic E-state index is -0.445. The van der Waals surface area contributed by atoms with Gasteiger partial charge in [-0.2, -0.15) is 0 Å². The van der Waals surface area contributed by atoms with E-state index in [0.29, 0.717) is 26.3 Å². The van der Waals surface area contributed by atoms with Gasteiger partial charge in [0, 0.05) is 11.1 Å². The first kappa shape index (κ1) is 18.3. The van der Waals surface area contributed by atoms with Gasteiger partial charge < -0.3 is 10.5 Å². The lowest BCUT2D eigenvalue weighted by atomic mass is 10.1. The average molecular weight is 390 g/mol. The van der Waals surface area contributed by atoms with Gasteiger partial charge in [-0.25, -0.2) is 14.8 Å². The van der Waals surface area contributed by atoms with E-state index < -0.39 is 5.97 Å². The number of aryl methyl sites for hydroxylation is 3. The largest absolute Gasteiger partial charge is 0.462 e. The smallest absolute Gasteiger partial charge is 0.350 e. The zero-order chi connectivity index (χ0) is 19.0. The van der Waals surface area contributed by atoms with Crippen LogP contribution in [0.4, 0.5) is 10.8 Å². The highest BCUT2D eigenvalue weighted by Crippen LogP contribution is 2.35. The normalized spacial score (nSPS) is 10.9. The maximum atomic E-state index is 12.7. The van der Waals surface area contributed by atoms with Crippen LogP contribution in [0.15, 0.2) is 6.07 Å². The Morgan fingerprint density at radius 1 is 1.19 bits per heavy atom. The molecule has 3 aromatic rings. The second kappa shape index (κ2) is 7.00. The van der Waals surface area contributed by atoms with Crippen LogP contribution in [0.25, 0.3) is 10.2 Å². The zero-order valence-corrected chi connectivity index (χ0v) is 16.4. The number of pyridine rings is 1. The summed E-state index contributed by atoms with van der Waals surface area (Å²) in [6.07, 6.45) is 0. The van der Waals surface area contributed by atoms with Crippen molar-refractivity contribution in [1.82, 2.24) is 9.97 Å². The van der Waals surface area contributed by atoms with E-state index in [2.05, 4.69) is 15.3 Å². The summed E-state index contributed by atoms with van der Waals surface area (Å²) in [7, 11) is 0. The number of rotatable bonds is 4. The summed E-state index contributed by atoms with van der Waals surface area (Å²) < 4.78 is 4.99. The van der Waals surface area contributed by atoms with Gasteiger partial charge in [0.05, 0.1) is 18.0 Å². The van der Waals surface area contributed by atoms with Gasteiger partial charge in [-0.1, -0.05) is 11.3 Å². The number of fused-ring (bicyclic) bond motifs is 1. The monoisotopic (exact) mass is 390 g/mol. The number of thiazole rings is 1. The van der Waals surface area contributed by atoms with Crippen molar-refractivity contribution >= 4 is 55.6 Å². The molecule has 0 aliphatic carbocycles. The molecular formula is C17H18N4O3S2. The fourth-order valence-electron chi connectivity index (χ4n) is 2.63. The minimum absolute atomic E-state index is 0.280. The van der Waals surface area contributed by atoms with E-state index in [1.54, 1.807) is 13.8 Å². The lowest BCUT2D eigenvalue weighted by Crippen LogP contribution is -2.11. The molecule has 0 radical (unpaired) electrons. The number of amides is 1. The van der Waals surface area contributed by atoms with Crippen molar-refractivity contribution in [2.45, 2.75) is 27.7 Å². The lowest BCUT2D eigenvalue weighted by Gasteiger charge is -2.01. The minimum Gasteiger partial charge on any atom is -0.462 e. The molecule has 26 heavy (non-hydrogen) atoms. The zero-order valence-electron chi connectivity index (χ0n) is 14.8. The second-order valence-corrected chi connectivity index (χ2v) is 7.71. The van der Waals surface area contributed by atoms with Gasteiger partial charge in [0.2, 0.25) is 0 Å². The van der Waals surface area contributed by atoms with Crippen molar-refractivity contribution in [2.24, 2.45) is 0 Å². The molecule has 1 amide bonds. The van der Waals surface area contributed by atoms with Gasteiger partial charge in [0.25, 0.3) is 5.91 Å². The number of hydrogen-bond donors (Lipinski definition) is 2. The summed E-state index contributed by atoms with van der Waals surface area (Å²) >= 11 is 2.32. The van der Waals surface area contributed by atoms with Crippen molar-refractivity contribution < 1.29 is 14.3 Å². The number of ether oxygens (including phenoxy) is 1. The SMILES string of the molecule is CCOC(=O)c1sc(NC(=O)c2sc3nc(C)cc(C)c3c2N)nc1C. The highest BCUT2D eigenvalue weighted by Gasteiger charge is 2.22. The number of nitrogens with zero attached hydrogens (tertiary/aromatic N) is 2. The van der Waals surface area contributed by atoms with E-state index in [9.17, 15) is 9.59 Å². The van der Waals surface area contributed by atoms with Crippen LogP contribution in [0.1, 0.15) is 43.2 Å². The maximum absolute atomic E-state index is 12.7. The van der Waals surface area contributed by atoms with Crippen molar-refractivity contribution in [3.05, 3.63) is 32.8 Å². The molecule has 0 saturated heterocycles. The Bertz CT molecular complexity index is 1020. The molecule has 0 saturated carbocycles. The van der Waals surface area contributed by atoms with Crippen molar-refractivity contribution in [3.8, 4) is 0 Å². The molecule has 0 aliphatic heterocycles. The lowest BCUT2D eigenvalue weighted by molar-refractivity contribution is 0.0531. The van der Waals surface area contributed by atoms with Crippen LogP contribution in [0.2, 0.25) is 0 Å². The summed E-state index contributed by atoms with van der Waals surface area (Å²) in [5, 5.41) is 3.84. The van der Waals surface area contributed by atoms with Crippen LogP contribution in [0.5, 0.6) is 0 Å². The van der Waals surface area contributed by atoms with Crippen LogP contribution in [-0.2, 0) is 4.74 Å². The Balaban J connectivity index is 1.91. The predicted octanol–water partition coefficient (Wildman–Crippen LogP) is 3.69. The molecular weight excluding hydrogens is 372 g/mol. The molecule has 3 N–H and O–H groups in total. The first-order valence-electron chi connectivity index (χ1n) is 7.94. The van der Waals surface area contributed by atoms with E-state index in [4.69, 9.17) is 10.5 Å². The number of hydrogen-bond acceptors (Lipinski definition) is 8. The molecule has 0 bridgehead atoms. The van der Waals surface area contributed by atoms with E-state index >= 15 is 0 Å². The van der Waals surface area contributed by atoms with E-state index in [0.717, 1.165) is 32.8 Å². The highest BCUT2D eigenvalue weighted by molar-refractivity contribution is 7.21. The Kier molecular flexibility index (Phi) is 4.92. The van der Waals surface area contributed by atoms with Crippen molar-refractivity contribution in [1.29, 1.82) is 0 Å². The number of nitrogens with one attached hydrogen (secondary N) is 1. The summed E-state index contributed by atoms with van der Waals surface area (Å²) in [5.41, 5.74) is 8.96. The predicted molar refractivity (Wildman–Crippen MR) is 104 cm³/mol. The van der Waals surface area contributed by atoms with Gasteiger partial charge in [0.1, 0.15) is 14.6 Å². The number of aromatic nitrogens is 2. The van der Waals surface area contributed by atoms with E-state index in [1.165, 1.54) is 11.3 Å². The van der Waals surface area contributed by atoms with E-state index in [1.807, 2.05) is 19.9 Å². The van der Waals surface area contributed by atoms with Crippen LogP contribution in [0.3, 0.4) is 0 Å². The van der Waals surface area contributed by atoms with Gasteiger partial charge in [-0.15, -0.1) is 11.3 Å². The molecule has 9 heteroatoms. The fraction of sp³-hybridized carbons (Fsp3) is 0.294. The molecule has 0 unspecified atom stereocenters. The Morgan fingerprint density at radius 3 is 2.62 bits per heavy atom. The van der Waals surface area contributed by atoms with Gasteiger partial charge in [-0.05, 0) is 39.3 Å². The third-order valence-electron chi connectivity index (χ3n) is 3.71. The number of thiophene rings is 1. The highest BCUT2D eigenvalue weighted by atomic mass is 32.1. The molecule has 3 heterocycles. The first-order valence-corrected chi connectivity index (χ1v) is 9.57. The summed E-state index contributed by atoms with van der Waals surface area (Å²) in [6.45, 7) is 7.55. The van der Waals surface area contributed by atoms with Crippen LogP contribution >= 0.6 is 22.7 Å². The number of esters is 1. The average Bonchev–Trinajstić information content (AvgIpc) is 3.07. The molecule has 0 aromatic carbocycles. The number of carbonyl (C=O) groups is 2. The second-order valence-electron chi connectivity index (χ2n) is 5.71. The molecule has 3 rings (SSSR count). The van der Waals surface area contributed by atoms with Gasteiger partial charge in [-0.3, -0.25) is 10.1 Å². The molecule has 0 aliphatic rings. The van der Waals surface area contributed by atoms with Crippen LogP contribution in [0, 0.1) is 20.8 Å². The third-order valence-corrected chi connectivity index (χ3v) is 5.86. The maximum Gasteiger partial charge on any atom is 0.350 e. The van der Waals surface area contributed by atoms with Crippen molar-refractivity contribution in [3.63, 3.8) is 0 Å². The summed E-state index contributed by atoms with van der Waals surface area (Å²) in [6, 6.07) is 1.93. The number of nitrogens with two attached hydrogens (primary N) is 1. The number of nitrogen functional groups attached to an aromatic ring is 1. The summed E-state index contributed by atoms with van der Waals surface area (Å²) in [5.74, 6) is -0.814. The molecule has 136 valence electrons. The number of carbonyl (C=O) groups excluding carboxylic acids is 2. The number of anilines is 2. The van der Waals surface area contributed by atoms with Crippen LogP contribution in [-0.4, -0.2) is 28.5 Å². The topological polar surface area (TPSA) is 107 Å². The Morgan fingerprint density at radius 2 is 1.92 bits per heavy atom. The molecule has 0 spiro atoms. The Labute approximate surface area is 158 Å². The van der Waals surface area contributed by atoms with Gasteiger partial charge >= 0.3 is 5.97 Å². The van der Waals surface area contributed by atoms with E-state index in [-0.39, 0.29) is 12.5 Å². The molecule has 7 nitrogen and oxygen atoms in total. The third kappa shape index (κ3) is 3.27. The molecule has 0 fully saturated rings. The standard InChI is InChI=1S/C17H18N4O3S2/c1-5-24-16(23)12-9(4)20-17(26-12)21-14(22)13-11(18)10-7(2)6-8(3)19-15(10)25-13/h6H,5,18H2,1-4H3,(H,20,21,22). The molecule has 0 atom stereocenters. The first-order chi connectivity index (χ1) is 12.3. The quantitative estimate of drug-likeness (QED) is 0.658. The van der Waals surface area contributed by atoms with Crippen LogP contribution < -0.4 is 11.1 Å². The van der Waals surface area contributed by atoms with Gasteiger partial charge in [0.15, 0.2) is 5.13 Å². The van der Waals surface area contributed by atoms with Crippen molar-refractivity contribution in [2.75, 3.05) is 17.7 Å². The molecule has 3 aromatic heterocycles.